The number of ether oxygens (including phenoxy) is 2. The van der Waals surface area contributed by atoms with Crippen molar-refractivity contribution in [3.63, 3.8) is 0 Å². The molecule has 0 saturated carbocycles. The Morgan fingerprint density at radius 1 is 1.12 bits per heavy atom. The average Bonchev–Trinajstić information content (AvgIpc) is 2.85. The van der Waals surface area contributed by atoms with Gasteiger partial charge in [0.2, 0.25) is 17.3 Å². The lowest BCUT2D eigenvalue weighted by Gasteiger charge is -2.21. The van der Waals surface area contributed by atoms with Crippen LogP contribution in [-0.2, 0) is 0 Å². The van der Waals surface area contributed by atoms with Crippen LogP contribution in [0, 0.1) is 0 Å². The Balaban J connectivity index is 1.85. The van der Waals surface area contributed by atoms with Crippen molar-refractivity contribution in [2.24, 2.45) is 0 Å². The van der Waals surface area contributed by atoms with Gasteiger partial charge in [-0.3, -0.25) is 0 Å². The lowest BCUT2D eigenvalue weighted by atomic mass is 10.1. The lowest BCUT2D eigenvalue weighted by Crippen LogP contribution is -2.18. The molecule has 0 aliphatic carbocycles. The van der Waals surface area contributed by atoms with E-state index >= 15 is 0 Å². The first kappa shape index (κ1) is 16.7. The Kier molecular flexibility index (Phi) is 4.62. The third kappa shape index (κ3) is 3.06. The first-order valence-corrected chi connectivity index (χ1v) is 9.55. The maximum atomic E-state index is 6.24. The minimum Gasteiger partial charge on any atom is -0.493 e. The second kappa shape index (κ2) is 7.21. The van der Waals surface area contributed by atoms with E-state index in [2.05, 4.69) is 20.5 Å². The summed E-state index contributed by atoms with van der Waals surface area (Å²) in [5.74, 6) is 1.23. The monoisotopic (exact) mass is 366 g/mol. The van der Waals surface area contributed by atoms with E-state index in [1.807, 2.05) is 61.7 Å². The fourth-order valence-corrected chi connectivity index (χ4v) is 3.16. The van der Waals surface area contributed by atoms with Crippen molar-refractivity contribution in [2.75, 3.05) is 18.2 Å². The smallest absolute Gasteiger partial charge is 0.247 e. The summed E-state index contributed by atoms with van der Waals surface area (Å²) in [6, 6.07) is 15.7. The maximum absolute atomic E-state index is 6.24. The second-order valence-corrected chi connectivity index (χ2v) is 6.38. The van der Waals surface area contributed by atoms with E-state index in [0.29, 0.717) is 23.3 Å². The number of hydrogen-bond donors (Lipinski definition) is 1. The standard InChI is InChI=1S/C19H18N4O2S/c1-3-24-15-11-7-5-9-13(15)17-20-14-10-6-4-8-12(14)16-18(25-17)21-19(26-2)23-22-16/h4-11,17,20H,3H2,1-2H3. The molecule has 6 nitrogen and oxygen atoms in total. The van der Waals surface area contributed by atoms with Crippen LogP contribution >= 0.6 is 11.8 Å². The van der Waals surface area contributed by atoms with Crippen molar-refractivity contribution < 1.29 is 9.47 Å². The van der Waals surface area contributed by atoms with Crippen LogP contribution in [0.25, 0.3) is 11.3 Å². The van der Waals surface area contributed by atoms with E-state index < -0.39 is 6.23 Å². The number of benzene rings is 2. The van der Waals surface area contributed by atoms with Crippen LogP contribution in [0.5, 0.6) is 11.6 Å². The van der Waals surface area contributed by atoms with E-state index in [1.54, 1.807) is 0 Å². The number of nitrogens with one attached hydrogen (secondary N) is 1. The molecule has 0 radical (unpaired) electrons. The number of thioether (sulfide) groups is 1. The van der Waals surface area contributed by atoms with Gasteiger partial charge in [-0.2, -0.15) is 4.98 Å². The van der Waals surface area contributed by atoms with Gasteiger partial charge in [-0.05, 0) is 31.4 Å². The molecule has 0 saturated heterocycles. The number of hydrogen-bond acceptors (Lipinski definition) is 7. The number of rotatable bonds is 4. The van der Waals surface area contributed by atoms with Crippen LogP contribution in [0.4, 0.5) is 5.69 Å². The lowest BCUT2D eigenvalue weighted by molar-refractivity contribution is 0.217. The predicted molar refractivity (Wildman–Crippen MR) is 102 cm³/mol. The highest BCUT2D eigenvalue weighted by Crippen LogP contribution is 2.40. The van der Waals surface area contributed by atoms with Crippen LogP contribution in [0.2, 0.25) is 0 Å². The van der Waals surface area contributed by atoms with Gasteiger partial charge >= 0.3 is 0 Å². The van der Waals surface area contributed by atoms with Crippen LogP contribution in [0.3, 0.4) is 0 Å². The number of para-hydroxylation sites is 2. The molecule has 1 aliphatic heterocycles. The molecule has 7 heteroatoms. The molecule has 26 heavy (non-hydrogen) atoms. The van der Waals surface area contributed by atoms with Crippen molar-refractivity contribution in [1.82, 2.24) is 15.2 Å². The first-order valence-electron chi connectivity index (χ1n) is 8.33. The molecule has 0 fully saturated rings. The third-order valence-corrected chi connectivity index (χ3v) is 4.56. The molecule has 3 aromatic rings. The van der Waals surface area contributed by atoms with Gasteiger partial charge in [0.15, 0.2) is 5.69 Å². The molecule has 2 heterocycles. The fourth-order valence-electron chi connectivity index (χ4n) is 2.86. The van der Waals surface area contributed by atoms with Crippen molar-refractivity contribution in [2.45, 2.75) is 18.3 Å². The van der Waals surface area contributed by atoms with E-state index in [1.165, 1.54) is 11.8 Å². The summed E-state index contributed by atoms with van der Waals surface area (Å²) in [5.41, 5.74) is 3.35. The Morgan fingerprint density at radius 3 is 2.77 bits per heavy atom. The van der Waals surface area contributed by atoms with Gasteiger partial charge < -0.3 is 14.8 Å². The Labute approximate surface area is 156 Å². The molecule has 2 aromatic carbocycles. The van der Waals surface area contributed by atoms with Crippen molar-refractivity contribution in [3.05, 3.63) is 54.1 Å². The zero-order chi connectivity index (χ0) is 17.9. The highest BCUT2D eigenvalue weighted by molar-refractivity contribution is 7.98. The summed E-state index contributed by atoms with van der Waals surface area (Å²) in [4.78, 5) is 4.53. The van der Waals surface area contributed by atoms with Crippen LogP contribution in [0.1, 0.15) is 18.7 Å². The maximum Gasteiger partial charge on any atom is 0.247 e. The van der Waals surface area contributed by atoms with E-state index in [9.17, 15) is 0 Å². The van der Waals surface area contributed by atoms with Gasteiger partial charge in [-0.1, -0.05) is 42.1 Å². The molecule has 132 valence electrons. The van der Waals surface area contributed by atoms with Gasteiger partial charge in [-0.25, -0.2) is 0 Å². The topological polar surface area (TPSA) is 69.2 Å². The van der Waals surface area contributed by atoms with Crippen molar-refractivity contribution in [1.29, 1.82) is 0 Å². The summed E-state index contributed by atoms with van der Waals surface area (Å²) in [6.45, 7) is 2.54. The normalized spacial score (nSPS) is 15.1. The molecule has 0 spiro atoms. The van der Waals surface area contributed by atoms with Gasteiger partial charge in [0.05, 0.1) is 12.2 Å². The van der Waals surface area contributed by atoms with Gasteiger partial charge in [0.1, 0.15) is 5.75 Å². The molecular formula is C19H18N4O2S. The first-order chi connectivity index (χ1) is 12.8. The molecule has 0 amide bonds. The predicted octanol–water partition coefficient (Wildman–Crippen LogP) is 4.16. The largest absolute Gasteiger partial charge is 0.493 e. The summed E-state index contributed by atoms with van der Waals surface area (Å²) >= 11 is 1.43. The van der Waals surface area contributed by atoms with Crippen molar-refractivity contribution in [3.8, 4) is 22.9 Å². The Hall–Kier alpha value is -2.80. The zero-order valence-electron chi connectivity index (χ0n) is 14.5. The van der Waals surface area contributed by atoms with E-state index in [-0.39, 0.29) is 0 Å². The third-order valence-electron chi connectivity index (χ3n) is 4.02. The van der Waals surface area contributed by atoms with Crippen LogP contribution in [0.15, 0.2) is 53.7 Å². The van der Waals surface area contributed by atoms with Gasteiger partial charge in [0, 0.05) is 11.3 Å². The molecular weight excluding hydrogens is 348 g/mol. The summed E-state index contributed by atoms with van der Waals surface area (Å²) in [6.07, 6.45) is 1.46. The molecule has 4 rings (SSSR count). The summed E-state index contributed by atoms with van der Waals surface area (Å²) in [5, 5.41) is 12.5. The van der Waals surface area contributed by atoms with Gasteiger partial charge in [0.25, 0.3) is 0 Å². The fraction of sp³-hybridized carbons (Fsp3) is 0.211. The molecule has 1 atom stereocenters. The Bertz CT molecular complexity index is 935. The molecule has 1 aliphatic rings. The average molecular weight is 366 g/mol. The number of anilines is 1. The van der Waals surface area contributed by atoms with E-state index in [4.69, 9.17) is 9.47 Å². The number of aromatic nitrogens is 3. The minimum absolute atomic E-state index is 0.452. The molecule has 1 aromatic heterocycles. The van der Waals surface area contributed by atoms with E-state index in [0.717, 1.165) is 22.6 Å². The summed E-state index contributed by atoms with van der Waals surface area (Å²) in [7, 11) is 0. The molecule has 0 bridgehead atoms. The number of nitrogens with zero attached hydrogens (tertiary/aromatic N) is 3. The van der Waals surface area contributed by atoms with Crippen LogP contribution < -0.4 is 14.8 Å². The SMILES string of the molecule is CCOc1ccccc1C1Nc2ccccc2-c2nnc(SC)nc2O1. The molecule has 1 N–H and O–H groups in total. The van der Waals surface area contributed by atoms with Crippen LogP contribution in [-0.4, -0.2) is 28.0 Å². The highest BCUT2D eigenvalue weighted by atomic mass is 32.2. The second-order valence-electron chi connectivity index (χ2n) is 5.61. The number of fused-ring (bicyclic) bond motifs is 3. The Morgan fingerprint density at radius 2 is 1.92 bits per heavy atom. The highest BCUT2D eigenvalue weighted by Gasteiger charge is 2.27. The zero-order valence-corrected chi connectivity index (χ0v) is 15.3. The quantitative estimate of drug-likeness (QED) is 0.695. The molecule has 1 unspecified atom stereocenters. The van der Waals surface area contributed by atoms with Crippen molar-refractivity contribution >= 4 is 17.4 Å². The summed E-state index contributed by atoms with van der Waals surface area (Å²) < 4.78 is 12.0. The minimum atomic E-state index is -0.452. The van der Waals surface area contributed by atoms with Gasteiger partial charge in [-0.15, -0.1) is 10.2 Å².